The standard InChI is InChI=1S/C10H12N/c1-2-5-9(6-3-1)11-10-7-4-8-10/h1-3,5-6,11H,4,7-8H2. The third-order valence-corrected chi connectivity index (χ3v) is 2.05. The largest absolute Gasteiger partial charge is 0.377 e. The average Bonchev–Trinajstić information content (AvgIpc) is 1.99. The van der Waals surface area contributed by atoms with Crippen LogP contribution in [0.1, 0.15) is 19.3 Å². The van der Waals surface area contributed by atoms with E-state index in [4.69, 9.17) is 0 Å². The lowest BCUT2D eigenvalue weighted by Gasteiger charge is -2.26. The molecule has 1 saturated carbocycles. The second-order valence-corrected chi connectivity index (χ2v) is 2.95. The number of anilines is 1. The van der Waals surface area contributed by atoms with E-state index in [-0.39, 0.29) is 0 Å². The van der Waals surface area contributed by atoms with Gasteiger partial charge in [0, 0.05) is 5.69 Å². The molecule has 0 aromatic heterocycles. The van der Waals surface area contributed by atoms with Crippen molar-refractivity contribution in [2.75, 3.05) is 5.32 Å². The van der Waals surface area contributed by atoms with E-state index in [1.165, 1.54) is 31.0 Å². The van der Waals surface area contributed by atoms with Crippen molar-refractivity contribution in [1.29, 1.82) is 0 Å². The minimum absolute atomic E-state index is 1.22. The number of hydrogen-bond donors (Lipinski definition) is 1. The fraction of sp³-hybridized carbons (Fsp3) is 0.300. The highest BCUT2D eigenvalue weighted by atomic mass is 14.9. The van der Waals surface area contributed by atoms with Crippen molar-refractivity contribution >= 4 is 5.69 Å². The summed E-state index contributed by atoms with van der Waals surface area (Å²) in [6.07, 6.45) is 3.87. The molecule has 1 nitrogen and oxygen atoms in total. The van der Waals surface area contributed by atoms with Gasteiger partial charge < -0.3 is 5.32 Å². The predicted molar refractivity (Wildman–Crippen MR) is 47.2 cm³/mol. The predicted octanol–water partition coefficient (Wildman–Crippen LogP) is 2.81. The van der Waals surface area contributed by atoms with Gasteiger partial charge in [-0.3, -0.25) is 0 Å². The van der Waals surface area contributed by atoms with Gasteiger partial charge in [0.05, 0.1) is 6.04 Å². The van der Waals surface area contributed by atoms with Crippen molar-refractivity contribution in [3.05, 3.63) is 36.4 Å². The maximum absolute atomic E-state index is 3.40. The second kappa shape index (κ2) is 2.95. The lowest BCUT2D eigenvalue weighted by molar-refractivity contribution is 0.565. The first-order valence-electron chi connectivity index (χ1n) is 4.12. The molecule has 0 spiro atoms. The van der Waals surface area contributed by atoms with Crippen molar-refractivity contribution in [2.45, 2.75) is 19.3 Å². The molecule has 0 atom stereocenters. The van der Waals surface area contributed by atoms with E-state index >= 15 is 0 Å². The van der Waals surface area contributed by atoms with Crippen molar-refractivity contribution in [2.24, 2.45) is 0 Å². The summed E-state index contributed by atoms with van der Waals surface area (Å²) in [5, 5.41) is 3.40. The molecule has 0 amide bonds. The average molecular weight is 146 g/mol. The van der Waals surface area contributed by atoms with Crippen molar-refractivity contribution in [3.63, 3.8) is 0 Å². The van der Waals surface area contributed by atoms with Gasteiger partial charge in [0.2, 0.25) is 0 Å². The van der Waals surface area contributed by atoms with Crippen LogP contribution in [0.4, 0.5) is 5.69 Å². The molecular weight excluding hydrogens is 134 g/mol. The second-order valence-electron chi connectivity index (χ2n) is 2.95. The molecule has 2 rings (SSSR count). The number of benzene rings is 1. The monoisotopic (exact) mass is 146 g/mol. The summed E-state index contributed by atoms with van der Waals surface area (Å²) in [6, 6.07) is 11.8. The summed E-state index contributed by atoms with van der Waals surface area (Å²) >= 11 is 0. The van der Waals surface area contributed by atoms with Gasteiger partial charge in [0.15, 0.2) is 0 Å². The topological polar surface area (TPSA) is 12.0 Å². The Balaban J connectivity index is 1.95. The van der Waals surface area contributed by atoms with Gasteiger partial charge in [-0.05, 0) is 31.4 Å². The van der Waals surface area contributed by atoms with E-state index in [2.05, 4.69) is 29.6 Å². The molecule has 1 N–H and O–H groups in total. The van der Waals surface area contributed by atoms with Gasteiger partial charge in [-0.25, -0.2) is 0 Å². The van der Waals surface area contributed by atoms with Gasteiger partial charge in [0.25, 0.3) is 0 Å². The fourth-order valence-electron chi connectivity index (χ4n) is 1.20. The summed E-state index contributed by atoms with van der Waals surface area (Å²) in [5.74, 6) is 0. The molecule has 1 radical (unpaired) electrons. The summed E-state index contributed by atoms with van der Waals surface area (Å²) in [4.78, 5) is 0. The van der Waals surface area contributed by atoms with Gasteiger partial charge in [-0.15, -0.1) is 0 Å². The highest BCUT2D eigenvalue weighted by Gasteiger charge is 2.17. The highest BCUT2D eigenvalue weighted by Crippen LogP contribution is 2.29. The van der Waals surface area contributed by atoms with Crippen LogP contribution < -0.4 is 5.32 Å². The normalized spacial score (nSPS) is 17.5. The fourth-order valence-corrected chi connectivity index (χ4v) is 1.20. The van der Waals surface area contributed by atoms with Crippen LogP contribution in [0.15, 0.2) is 30.3 Å². The summed E-state index contributed by atoms with van der Waals surface area (Å²) < 4.78 is 0. The number of nitrogens with one attached hydrogen (secondary N) is 1. The zero-order valence-corrected chi connectivity index (χ0v) is 6.51. The van der Waals surface area contributed by atoms with Gasteiger partial charge >= 0.3 is 0 Å². The van der Waals surface area contributed by atoms with Crippen LogP contribution in [0.5, 0.6) is 0 Å². The first-order valence-corrected chi connectivity index (χ1v) is 4.12. The zero-order chi connectivity index (χ0) is 7.52. The van der Waals surface area contributed by atoms with Crippen LogP contribution in [0.25, 0.3) is 0 Å². The molecule has 1 aromatic rings. The smallest absolute Gasteiger partial charge is 0.0602 e. The lowest BCUT2D eigenvalue weighted by atomic mass is 9.93. The Hall–Kier alpha value is -0.980. The zero-order valence-electron chi connectivity index (χ0n) is 6.51. The van der Waals surface area contributed by atoms with Crippen molar-refractivity contribution in [3.8, 4) is 0 Å². The Kier molecular flexibility index (Phi) is 1.80. The van der Waals surface area contributed by atoms with Crippen molar-refractivity contribution in [1.82, 2.24) is 0 Å². The van der Waals surface area contributed by atoms with Gasteiger partial charge in [0.1, 0.15) is 0 Å². The van der Waals surface area contributed by atoms with Crippen molar-refractivity contribution < 1.29 is 0 Å². The molecule has 0 bridgehead atoms. The van der Waals surface area contributed by atoms with Crippen LogP contribution in [-0.2, 0) is 0 Å². The Labute approximate surface area is 67.4 Å². The Morgan fingerprint density at radius 2 is 1.73 bits per heavy atom. The third-order valence-electron chi connectivity index (χ3n) is 2.05. The van der Waals surface area contributed by atoms with Crippen LogP contribution in [0.2, 0.25) is 0 Å². The molecule has 0 heterocycles. The van der Waals surface area contributed by atoms with E-state index in [1.54, 1.807) is 0 Å². The first kappa shape index (κ1) is 6.71. The van der Waals surface area contributed by atoms with Crippen LogP contribution in [0.3, 0.4) is 0 Å². The van der Waals surface area contributed by atoms with Crippen LogP contribution in [0, 0.1) is 6.04 Å². The van der Waals surface area contributed by atoms with E-state index in [1.807, 2.05) is 6.07 Å². The molecule has 1 aliphatic carbocycles. The van der Waals surface area contributed by atoms with Crippen LogP contribution in [-0.4, -0.2) is 0 Å². The Morgan fingerprint density at radius 3 is 2.27 bits per heavy atom. The molecule has 57 valence electrons. The Bertz CT molecular complexity index is 214. The minimum atomic E-state index is 1.22. The number of hydrogen-bond acceptors (Lipinski definition) is 1. The summed E-state index contributed by atoms with van der Waals surface area (Å²) in [5.41, 5.74) is 1.22. The number of para-hydroxylation sites is 1. The molecule has 1 heteroatoms. The first-order chi connectivity index (χ1) is 5.45. The molecule has 0 unspecified atom stereocenters. The molecular formula is C10H12N. The minimum Gasteiger partial charge on any atom is -0.377 e. The van der Waals surface area contributed by atoms with E-state index in [0.29, 0.717) is 0 Å². The van der Waals surface area contributed by atoms with Crippen LogP contribution >= 0.6 is 0 Å². The van der Waals surface area contributed by atoms with Gasteiger partial charge in [-0.2, -0.15) is 0 Å². The maximum Gasteiger partial charge on any atom is 0.0602 e. The number of rotatable bonds is 2. The quantitative estimate of drug-likeness (QED) is 0.676. The molecule has 0 aliphatic heterocycles. The highest BCUT2D eigenvalue weighted by molar-refractivity contribution is 5.46. The third kappa shape index (κ3) is 1.53. The molecule has 1 aliphatic rings. The maximum atomic E-state index is 3.40. The molecule has 1 aromatic carbocycles. The molecule has 0 saturated heterocycles. The SMILES string of the molecule is c1ccc(N[C]2CCC2)cc1. The summed E-state index contributed by atoms with van der Waals surface area (Å²) in [6.45, 7) is 0. The van der Waals surface area contributed by atoms with Gasteiger partial charge in [-0.1, -0.05) is 18.2 Å². The van der Waals surface area contributed by atoms with E-state index < -0.39 is 0 Å². The van der Waals surface area contributed by atoms with E-state index in [0.717, 1.165) is 0 Å². The molecule has 11 heavy (non-hydrogen) atoms. The lowest BCUT2D eigenvalue weighted by Crippen LogP contribution is -2.17. The summed E-state index contributed by atoms with van der Waals surface area (Å²) in [7, 11) is 0. The molecule has 1 fully saturated rings. The Morgan fingerprint density at radius 1 is 1.00 bits per heavy atom. The van der Waals surface area contributed by atoms with E-state index in [9.17, 15) is 0 Å².